The van der Waals surface area contributed by atoms with Crippen molar-refractivity contribution in [2.75, 3.05) is 0 Å². The number of nitrogens with one attached hydrogen (secondary N) is 1. The predicted octanol–water partition coefficient (Wildman–Crippen LogP) is 5.54. The van der Waals surface area contributed by atoms with Crippen molar-refractivity contribution in [3.63, 3.8) is 0 Å². The quantitative estimate of drug-likeness (QED) is 0.702. The number of hydrogen-bond donors (Lipinski definition) is 1. The summed E-state index contributed by atoms with van der Waals surface area (Å²) < 4.78 is 38.9. The smallest absolute Gasteiger partial charge is 0.309 e. The van der Waals surface area contributed by atoms with Gasteiger partial charge in [-0.3, -0.25) is 0 Å². The molecule has 4 heteroatoms. The lowest BCUT2D eigenvalue weighted by Crippen LogP contribution is -2.10. The van der Waals surface area contributed by atoms with Gasteiger partial charge in [0, 0.05) is 13.1 Å². The second-order valence-corrected chi connectivity index (χ2v) is 5.62. The summed E-state index contributed by atoms with van der Waals surface area (Å²) >= 11 is 0. The molecule has 0 fully saturated rings. The Labute approximate surface area is 135 Å². The maximum Gasteiger partial charge on any atom is 0.393 e. The van der Waals surface area contributed by atoms with Crippen molar-refractivity contribution >= 4 is 5.57 Å². The van der Waals surface area contributed by atoms with Crippen molar-refractivity contribution in [1.29, 1.82) is 0 Å². The summed E-state index contributed by atoms with van der Waals surface area (Å²) in [7, 11) is 0. The Morgan fingerprint density at radius 1 is 1.22 bits per heavy atom. The van der Waals surface area contributed by atoms with Gasteiger partial charge in [-0.05, 0) is 47.2 Å². The van der Waals surface area contributed by atoms with Gasteiger partial charge in [0.1, 0.15) is 0 Å². The minimum Gasteiger partial charge on any atom is -0.309 e. The van der Waals surface area contributed by atoms with Crippen molar-refractivity contribution < 1.29 is 13.2 Å². The van der Waals surface area contributed by atoms with Crippen molar-refractivity contribution in [1.82, 2.24) is 5.32 Å². The van der Waals surface area contributed by atoms with E-state index in [1.807, 2.05) is 38.1 Å². The van der Waals surface area contributed by atoms with E-state index in [-0.39, 0.29) is 0 Å². The van der Waals surface area contributed by atoms with Gasteiger partial charge in [-0.2, -0.15) is 13.2 Å². The molecule has 0 aliphatic carbocycles. The van der Waals surface area contributed by atoms with E-state index in [1.165, 1.54) is 5.56 Å². The van der Waals surface area contributed by atoms with Gasteiger partial charge >= 0.3 is 6.18 Å². The van der Waals surface area contributed by atoms with Gasteiger partial charge in [0.2, 0.25) is 0 Å². The molecule has 1 nitrogen and oxygen atoms in total. The molecule has 124 valence electrons. The van der Waals surface area contributed by atoms with Crippen LogP contribution in [0, 0.1) is 0 Å². The van der Waals surface area contributed by atoms with Crippen molar-refractivity contribution in [2.45, 2.75) is 46.0 Å². The molecule has 0 bridgehead atoms. The van der Waals surface area contributed by atoms with E-state index in [1.54, 1.807) is 18.2 Å². The van der Waals surface area contributed by atoms with Gasteiger partial charge in [0.25, 0.3) is 0 Å². The van der Waals surface area contributed by atoms with E-state index in [2.05, 4.69) is 5.32 Å². The Bertz CT molecular complexity index is 637. The van der Waals surface area contributed by atoms with E-state index in [4.69, 9.17) is 0 Å². The SMILES string of the molecule is C\C=C/C=C(\C(=C\CC)CC(F)(F)F)c1ccc2c(c1)CNC2. The molecule has 0 saturated carbocycles. The first kappa shape index (κ1) is 17.5. The standard InChI is InChI=1S/C19H22F3N/c1-3-5-7-18(15(6-4-2)11-19(20,21)22)14-8-9-16-12-23-13-17(16)10-14/h3,5-10,23H,4,11-13H2,1-2H3/b5-3-,15-6+,18-7-. The fourth-order valence-corrected chi connectivity index (χ4v) is 2.78. The third-order valence-electron chi connectivity index (χ3n) is 3.79. The molecule has 0 atom stereocenters. The summed E-state index contributed by atoms with van der Waals surface area (Å²) in [6, 6.07) is 5.93. The zero-order valence-electron chi connectivity index (χ0n) is 13.5. The van der Waals surface area contributed by atoms with E-state index in [0.29, 0.717) is 17.6 Å². The Kier molecular flexibility index (Phi) is 5.83. The topological polar surface area (TPSA) is 12.0 Å². The molecule has 1 aliphatic rings. The molecule has 0 spiro atoms. The molecule has 1 aliphatic heterocycles. The van der Waals surface area contributed by atoms with Crippen molar-refractivity contribution in [3.05, 3.63) is 64.8 Å². The molecule has 1 aromatic rings. The molecular formula is C19H22F3N. The summed E-state index contributed by atoms with van der Waals surface area (Å²) in [6.45, 7) is 5.31. The molecule has 0 amide bonds. The second-order valence-electron chi connectivity index (χ2n) is 5.62. The van der Waals surface area contributed by atoms with Gasteiger partial charge in [-0.25, -0.2) is 0 Å². The highest BCUT2D eigenvalue weighted by atomic mass is 19.4. The maximum absolute atomic E-state index is 13.0. The summed E-state index contributed by atoms with van der Waals surface area (Å²) in [5.74, 6) is 0. The summed E-state index contributed by atoms with van der Waals surface area (Å²) in [6.07, 6.45) is 2.53. The molecule has 2 rings (SSSR count). The zero-order chi connectivity index (χ0) is 16.9. The largest absolute Gasteiger partial charge is 0.393 e. The highest BCUT2D eigenvalue weighted by molar-refractivity contribution is 5.80. The van der Waals surface area contributed by atoms with Crippen LogP contribution in [0.25, 0.3) is 5.57 Å². The lowest BCUT2D eigenvalue weighted by molar-refractivity contribution is -0.126. The fraction of sp³-hybridized carbons (Fsp3) is 0.368. The van der Waals surface area contributed by atoms with Crippen LogP contribution >= 0.6 is 0 Å². The first-order chi connectivity index (χ1) is 10.9. The van der Waals surface area contributed by atoms with E-state index >= 15 is 0 Å². The van der Waals surface area contributed by atoms with E-state index in [9.17, 15) is 13.2 Å². The minimum absolute atomic E-state index is 0.337. The maximum atomic E-state index is 13.0. The monoisotopic (exact) mass is 321 g/mol. The van der Waals surface area contributed by atoms with Gasteiger partial charge in [-0.15, -0.1) is 0 Å². The molecule has 0 saturated heterocycles. The average Bonchev–Trinajstić information content (AvgIpc) is 2.94. The molecule has 0 unspecified atom stereocenters. The summed E-state index contributed by atoms with van der Waals surface area (Å²) in [4.78, 5) is 0. The van der Waals surface area contributed by atoms with Gasteiger partial charge in [0.15, 0.2) is 0 Å². The van der Waals surface area contributed by atoms with Crippen LogP contribution in [0.2, 0.25) is 0 Å². The Hall–Kier alpha value is -1.81. The number of halogens is 3. The molecule has 1 N–H and O–H groups in total. The number of alkyl halides is 3. The second kappa shape index (κ2) is 7.64. The van der Waals surface area contributed by atoms with Gasteiger partial charge in [0.05, 0.1) is 6.42 Å². The van der Waals surface area contributed by atoms with Gasteiger partial charge < -0.3 is 5.32 Å². The molecule has 0 aromatic heterocycles. The molecule has 23 heavy (non-hydrogen) atoms. The third-order valence-corrected chi connectivity index (χ3v) is 3.79. The van der Waals surface area contributed by atoms with Crippen LogP contribution in [0.4, 0.5) is 13.2 Å². The van der Waals surface area contributed by atoms with Crippen LogP contribution in [-0.4, -0.2) is 6.18 Å². The summed E-state index contributed by atoms with van der Waals surface area (Å²) in [5, 5.41) is 3.26. The number of rotatable bonds is 5. The average molecular weight is 321 g/mol. The highest BCUT2D eigenvalue weighted by Gasteiger charge is 2.30. The van der Waals surface area contributed by atoms with E-state index in [0.717, 1.165) is 24.2 Å². The van der Waals surface area contributed by atoms with E-state index < -0.39 is 12.6 Å². The Morgan fingerprint density at radius 2 is 1.96 bits per heavy atom. The van der Waals surface area contributed by atoms with Crippen LogP contribution in [0.5, 0.6) is 0 Å². The first-order valence-corrected chi connectivity index (χ1v) is 7.86. The molecule has 0 radical (unpaired) electrons. The molecule has 1 heterocycles. The minimum atomic E-state index is -4.21. The summed E-state index contributed by atoms with van der Waals surface area (Å²) in [5.41, 5.74) is 4.21. The van der Waals surface area contributed by atoms with Crippen LogP contribution in [-0.2, 0) is 13.1 Å². The lowest BCUT2D eigenvalue weighted by atomic mass is 9.92. The van der Waals surface area contributed by atoms with Crippen molar-refractivity contribution in [2.24, 2.45) is 0 Å². The van der Waals surface area contributed by atoms with Crippen LogP contribution in [0.1, 0.15) is 43.4 Å². The third kappa shape index (κ3) is 4.83. The van der Waals surface area contributed by atoms with Crippen molar-refractivity contribution in [3.8, 4) is 0 Å². The number of benzene rings is 1. The highest BCUT2D eigenvalue weighted by Crippen LogP contribution is 2.34. The molecule has 1 aromatic carbocycles. The number of fused-ring (bicyclic) bond motifs is 1. The Morgan fingerprint density at radius 3 is 2.61 bits per heavy atom. The fourth-order valence-electron chi connectivity index (χ4n) is 2.78. The zero-order valence-corrected chi connectivity index (χ0v) is 13.5. The molecular weight excluding hydrogens is 299 g/mol. The van der Waals surface area contributed by atoms with Crippen LogP contribution in [0.3, 0.4) is 0 Å². The van der Waals surface area contributed by atoms with Gasteiger partial charge in [-0.1, -0.05) is 43.4 Å². The van der Waals surface area contributed by atoms with Crippen LogP contribution in [0.15, 0.2) is 48.1 Å². The Balaban J connectivity index is 2.45. The normalized spacial score (nSPS) is 16.2. The van der Waals surface area contributed by atoms with Crippen LogP contribution < -0.4 is 5.32 Å². The predicted molar refractivity (Wildman–Crippen MR) is 88.8 cm³/mol. The number of allylic oxidation sites excluding steroid dienone is 6. The first-order valence-electron chi connectivity index (χ1n) is 7.86. The number of hydrogen-bond acceptors (Lipinski definition) is 1. The lowest BCUT2D eigenvalue weighted by Gasteiger charge is -2.16.